The van der Waals surface area contributed by atoms with Crippen molar-refractivity contribution in [3.05, 3.63) is 35.7 Å². The number of carbonyl (C=O) groups excluding carboxylic acids is 1. The lowest BCUT2D eigenvalue weighted by Gasteiger charge is -2.44. The van der Waals surface area contributed by atoms with E-state index in [0.717, 1.165) is 64.2 Å². The second-order valence-corrected chi connectivity index (χ2v) is 10.5. The third-order valence-electron chi connectivity index (χ3n) is 7.05. The Kier molecular flexibility index (Phi) is 8.57. The summed E-state index contributed by atoms with van der Waals surface area (Å²) in [4.78, 5) is 24.9. The maximum absolute atomic E-state index is 13.5. The number of piperazine rings is 1. The molecule has 0 aliphatic carbocycles. The number of hydrogen-bond acceptors (Lipinski definition) is 7. The van der Waals surface area contributed by atoms with Gasteiger partial charge < -0.3 is 14.2 Å². The van der Waals surface area contributed by atoms with E-state index in [0.29, 0.717) is 11.7 Å². The van der Waals surface area contributed by atoms with Crippen LogP contribution in [0.1, 0.15) is 45.6 Å². The van der Waals surface area contributed by atoms with Crippen molar-refractivity contribution in [3.8, 4) is 11.4 Å². The quantitative estimate of drug-likeness (QED) is 0.571. The van der Waals surface area contributed by atoms with Crippen molar-refractivity contribution in [1.82, 2.24) is 24.8 Å². The van der Waals surface area contributed by atoms with Crippen LogP contribution in [0.15, 0.2) is 28.8 Å². The normalized spacial score (nSPS) is 23.1. The molecule has 3 unspecified atom stereocenters. The van der Waals surface area contributed by atoms with Gasteiger partial charge in [0.15, 0.2) is 0 Å². The highest BCUT2D eigenvalue weighted by atomic mass is 16.5. The summed E-state index contributed by atoms with van der Waals surface area (Å²) in [5, 5.41) is 4.13. The third kappa shape index (κ3) is 6.68. The molecular formula is C27H41N5O3. The number of amides is 1. The van der Waals surface area contributed by atoms with Crippen molar-refractivity contribution >= 4 is 5.91 Å². The third-order valence-corrected chi connectivity index (χ3v) is 7.05. The molecular weight excluding hydrogens is 442 g/mol. The van der Waals surface area contributed by atoms with Crippen LogP contribution in [0.2, 0.25) is 0 Å². The van der Waals surface area contributed by atoms with Gasteiger partial charge in [0.05, 0.1) is 18.2 Å². The summed E-state index contributed by atoms with van der Waals surface area (Å²) in [6.45, 7) is 16.6. The fourth-order valence-corrected chi connectivity index (χ4v) is 5.32. The summed E-state index contributed by atoms with van der Waals surface area (Å²) in [5.41, 5.74) is 2.19. The van der Waals surface area contributed by atoms with E-state index in [4.69, 9.17) is 9.26 Å². The first-order valence-electron chi connectivity index (χ1n) is 13.1. The van der Waals surface area contributed by atoms with Crippen LogP contribution in [0.3, 0.4) is 0 Å². The highest BCUT2D eigenvalue weighted by molar-refractivity contribution is 5.82. The molecule has 1 amide bonds. The molecule has 0 spiro atoms. The van der Waals surface area contributed by atoms with E-state index >= 15 is 0 Å². The summed E-state index contributed by atoms with van der Waals surface area (Å²) in [6, 6.07) is 8.09. The zero-order chi connectivity index (χ0) is 24.9. The molecule has 3 atom stereocenters. The van der Waals surface area contributed by atoms with Crippen molar-refractivity contribution < 1.29 is 14.1 Å². The zero-order valence-electron chi connectivity index (χ0n) is 21.9. The van der Waals surface area contributed by atoms with Crippen molar-refractivity contribution in [2.24, 2.45) is 5.92 Å². The van der Waals surface area contributed by atoms with Crippen molar-refractivity contribution in [1.29, 1.82) is 0 Å². The molecule has 192 valence electrons. The van der Waals surface area contributed by atoms with Gasteiger partial charge >= 0.3 is 0 Å². The molecule has 4 rings (SSSR count). The van der Waals surface area contributed by atoms with Crippen LogP contribution in [0.4, 0.5) is 0 Å². The maximum Gasteiger partial charge on any atom is 0.240 e. The minimum atomic E-state index is -0.0735. The Bertz CT molecular complexity index is 942. The molecule has 3 heterocycles. The standard InChI is InChI=1S/C27H41N5O3/c1-19(2)25(32-17-21(4)34-22(5)18-32)27(33)31-15-13-30(14-16-31)12-6-7-24-28-26(29-35-24)23-10-8-20(3)9-11-23/h8-11,19,21-22,25H,6-7,12-18H2,1-5H3. The molecule has 35 heavy (non-hydrogen) atoms. The summed E-state index contributed by atoms with van der Waals surface area (Å²) >= 11 is 0. The second kappa shape index (κ2) is 11.6. The van der Waals surface area contributed by atoms with E-state index in [1.165, 1.54) is 5.56 Å². The largest absolute Gasteiger partial charge is 0.373 e. The van der Waals surface area contributed by atoms with Crippen LogP contribution < -0.4 is 0 Å². The average molecular weight is 484 g/mol. The Morgan fingerprint density at radius 1 is 1.06 bits per heavy atom. The van der Waals surface area contributed by atoms with Gasteiger partial charge in [-0.2, -0.15) is 4.98 Å². The first kappa shape index (κ1) is 25.8. The van der Waals surface area contributed by atoms with Crippen LogP contribution in [-0.4, -0.2) is 94.8 Å². The van der Waals surface area contributed by atoms with Gasteiger partial charge in [0.2, 0.25) is 17.6 Å². The molecule has 0 N–H and O–H groups in total. The fourth-order valence-electron chi connectivity index (χ4n) is 5.32. The van der Waals surface area contributed by atoms with Crippen LogP contribution in [0.5, 0.6) is 0 Å². The molecule has 2 aliphatic rings. The van der Waals surface area contributed by atoms with Crippen LogP contribution in [0.25, 0.3) is 11.4 Å². The monoisotopic (exact) mass is 483 g/mol. The predicted octanol–water partition coefficient (Wildman–Crippen LogP) is 3.26. The summed E-state index contributed by atoms with van der Waals surface area (Å²) < 4.78 is 11.4. The molecule has 2 aliphatic heterocycles. The van der Waals surface area contributed by atoms with Gasteiger partial charge in [0.1, 0.15) is 0 Å². The summed E-state index contributed by atoms with van der Waals surface area (Å²) in [5.74, 6) is 1.88. The van der Waals surface area contributed by atoms with Crippen LogP contribution in [-0.2, 0) is 16.0 Å². The van der Waals surface area contributed by atoms with E-state index in [2.05, 4.69) is 71.6 Å². The summed E-state index contributed by atoms with van der Waals surface area (Å²) in [7, 11) is 0. The number of aryl methyl sites for hydroxylation is 2. The Morgan fingerprint density at radius 3 is 2.34 bits per heavy atom. The number of aromatic nitrogens is 2. The van der Waals surface area contributed by atoms with Crippen LogP contribution in [0, 0.1) is 12.8 Å². The highest BCUT2D eigenvalue weighted by Gasteiger charge is 2.37. The Hall–Kier alpha value is -2.29. The lowest BCUT2D eigenvalue weighted by atomic mass is 9.98. The Labute approximate surface area is 209 Å². The molecule has 8 heteroatoms. The fraction of sp³-hybridized carbons (Fsp3) is 0.667. The van der Waals surface area contributed by atoms with Gasteiger partial charge in [0.25, 0.3) is 0 Å². The van der Waals surface area contributed by atoms with Gasteiger partial charge in [-0.15, -0.1) is 0 Å². The first-order valence-corrected chi connectivity index (χ1v) is 13.1. The molecule has 1 aromatic carbocycles. The molecule has 0 saturated carbocycles. The number of carbonyl (C=O) groups is 1. The molecule has 1 aromatic heterocycles. The smallest absolute Gasteiger partial charge is 0.240 e. The minimum Gasteiger partial charge on any atom is -0.373 e. The SMILES string of the molecule is Cc1ccc(-c2noc(CCCN3CCN(C(=O)C(C(C)C)N4CC(C)OC(C)C4)CC3)n2)cc1. The van der Waals surface area contributed by atoms with Crippen molar-refractivity contribution in [3.63, 3.8) is 0 Å². The lowest BCUT2D eigenvalue weighted by Crippen LogP contribution is -2.60. The summed E-state index contributed by atoms with van der Waals surface area (Å²) in [6.07, 6.45) is 2.05. The maximum atomic E-state index is 13.5. The van der Waals surface area contributed by atoms with Gasteiger partial charge in [-0.05, 0) is 39.7 Å². The number of nitrogens with zero attached hydrogens (tertiary/aromatic N) is 5. The number of rotatable bonds is 8. The number of ether oxygens (including phenoxy) is 1. The Morgan fingerprint density at radius 2 is 1.71 bits per heavy atom. The number of hydrogen-bond donors (Lipinski definition) is 0. The van der Waals surface area contributed by atoms with E-state index < -0.39 is 0 Å². The molecule has 2 saturated heterocycles. The van der Waals surface area contributed by atoms with Gasteiger partial charge in [-0.3, -0.25) is 14.6 Å². The second-order valence-electron chi connectivity index (χ2n) is 10.5. The van der Waals surface area contributed by atoms with E-state index in [-0.39, 0.29) is 30.1 Å². The van der Waals surface area contributed by atoms with E-state index in [1.807, 2.05) is 12.1 Å². The molecule has 0 radical (unpaired) electrons. The number of benzene rings is 1. The predicted molar refractivity (Wildman–Crippen MR) is 136 cm³/mol. The van der Waals surface area contributed by atoms with Gasteiger partial charge in [-0.1, -0.05) is 48.8 Å². The average Bonchev–Trinajstić information content (AvgIpc) is 3.28. The van der Waals surface area contributed by atoms with E-state index in [1.54, 1.807) is 0 Å². The zero-order valence-corrected chi connectivity index (χ0v) is 21.9. The molecule has 0 bridgehead atoms. The minimum absolute atomic E-state index is 0.0735. The Balaban J connectivity index is 1.23. The molecule has 2 fully saturated rings. The highest BCUT2D eigenvalue weighted by Crippen LogP contribution is 2.21. The molecule has 2 aromatic rings. The number of morpholine rings is 1. The van der Waals surface area contributed by atoms with Gasteiger partial charge in [0, 0.05) is 51.3 Å². The van der Waals surface area contributed by atoms with Gasteiger partial charge in [-0.25, -0.2) is 0 Å². The first-order chi connectivity index (χ1) is 16.8. The lowest BCUT2D eigenvalue weighted by molar-refractivity contribution is -0.147. The van der Waals surface area contributed by atoms with Crippen molar-refractivity contribution in [2.75, 3.05) is 45.8 Å². The molecule has 8 nitrogen and oxygen atoms in total. The topological polar surface area (TPSA) is 74.9 Å². The van der Waals surface area contributed by atoms with Crippen LogP contribution >= 0.6 is 0 Å². The van der Waals surface area contributed by atoms with Crippen molar-refractivity contribution in [2.45, 2.75) is 65.7 Å². The van der Waals surface area contributed by atoms with E-state index in [9.17, 15) is 4.79 Å².